The number of halogens is 2. The molecule has 1 aliphatic heterocycles. The third kappa shape index (κ3) is 4.19. The van der Waals surface area contributed by atoms with Gasteiger partial charge in [-0.3, -0.25) is 0 Å². The lowest BCUT2D eigenvalue weighted by molar-refractivity contribution is 0.146. The Morgan fingerprint density at radius 2 is 2.35 bits per heavy atom. The highest BCUT2D eigenvalue weighted by Crippen LogP contribution is 2.27. The number of β-amino-alcohol motifs (C(OH)–C–C–N with tert-alkyl or cyclic N) is 1. The summed E-state index contributed by atoms with van der Waals surface area (Å²) in [5, 5.41) is 16.2. The molecule has 1 aromatic rings. The summed E-state index contributed by atoms with van der Waals surface area (Å²) in [5.41, 5.74) is 1.30. The lowest BCUT2D eigenvalue weighted by atomic mass is 10.1. The van der Waals surface area contributed by atoms with E-state index in [0.29, 0.717) is 5.92 Å². The first-order chi connectivity index (χ1) is 7.66. The zero-order chi connectivity index (χ0) is 11.5. The van der Waals surface area contributed by atoms with E-state index < -0.39 is 0 Å². The Bertz CT molecular complexity index is 342. The summed E-state index contributed by atoms with van der Waals surface area (Å²) >= 11 is 5.30. The van der Waals surface area contributed by atoms with Crippen LogP contribution in [0.5, 0.6) is 0 Å². The van der Waals surface area contributed by atoms with Gasteiger partial charge in [-0.15, -0.1) is 23.7 Å². The number of thiophene rings is 1. The second-order valence-corrected chi connectivity index (χ2v) is 6.74. The highest BCUT2D eigenvalue weighted by atomic mass is 79.9. The van der Waals surface area contributed by atoms with Gasteiger partial charge in [0.1, 0.15) is 0 Å². The number of rotatable bonds is 4. The lowest BCUT2D eigenvalue weighted by Crippen LogP contribution is -2.29. The number of aliphatic hydroxyl groups excluding tert-OH is 1. The van der Waals surface area contributed by atoms with Crippen LogP contribution in [0, 0.1) is 12.8 Å². The molecule has 2 unspecified atom stereocenters. The molecule has 1 fully saturated rings. The lowest BCUT2D eigenvalue weighted by Gasteiger charge is -2.13. The van der Waals surface area contributed by atoms with Gasteiger partial charge in [0.15, 0.2) is 0 Å². The van der Waals surface area contributed by atoms with E-state index in [2.05, 4.69) is 39.6 Å². The molecule has 1 aromatic heterocycles. The maximum atomic E-state index is 9.63. The van der Waals surface area contributed by atoms with Gasteiger partial charge in [-0.2, -0.15) is 0 Å². The molecular formula is C11H18BrClN2OS. The smallest absolute Gasteiger partial charge is 0.0730 e. The zero-order valence-corrected chi connectivity index (χ0v) is 12.9. The van der Waals surface area contributed by atoms with Crippen molar-refractivity contribution in [1.29, 1.82) is 0 Å². The van der Waals surface area contributed by atoms with E-state index in [1.54, 1.807) is 11.3 Å². The molecule has 3 N–H and O–H groups in total. The number of aryl methyl sites for hydroxylation is 1. The van der Waals surface area contributed by atoms with Crippen molar-refractivity contribution in [1.82, 2.24) is 10.6 Å². The standard InChI is InChI=1S/C11H17BrN2OS.ClH/c1-7-2-9(16-11(7)12)5-13-3-8-4-14-6-10(8)15;/h2,8,10,13-15H,3-6H2,1H3;1H. The van der Waals surface area contributed by atoms with Crippen LogP contribution in [0.4, 0.5) is 0 Å². The van der Waals surface area contributed by atoms with E-state index in [1.165, 1.54) is 14.2 Å². The van der Waals surface area contributed by atoms with Gasteiger partial charge in [0, 0.05) is 37.0 Å². The Balaban J connectivity index is 0.00000144. The van der Waals surface area contributed by atoms with E-state index >= 15 is 0 Å². The van der Waals surface area contributed by atoms with E-state index in [-0.39, 0.29) is 18.5 Å². The van der Waals surface area contributed by atoms with Crippen LogP contribution in [0.25, 0.3) is 0 Å². The van der Waals surface area contributed by atoms with Gasteiger partial charge in [-0.05, 0) is 34.5 Å². The molecule has 6 heteroatoms. The van der Waals surface area contributed by atoms with E-state index in [9.17, 15) is 5.11 Å². The summed E-state index contributed by atoms with van der Waals surface area (Å²) in [5.74, 6) is 0.351. The second kappa shape index (κ2) is 7.07. The molecule has 0 spiro atoms. The van der Waals surface area contributed by atoms with Crippen molar-refractivity contribution in [2.45, 2.75) is 19.6 Å². The molecule has 98 valence electrons. The molecule has 0 aliphatic carbocycles. The molecule has 0 amide bonds. The SMILES string of the molecule is Cc1cc(CNCC2CNCC2O)sc1Br.Cl. The van der Waals surface area contributed by atoms with Crippen molar-refractivity contribution in [2.75, 3.05) is 19.6 Å². The minimum atomic E-state index is -0.190. The average molecular weight is 342 g/mol. The predicted octanol–water partition coefficient (Wildman–Crippen LogP) is 1.91. The minimum absolute atomic E-state index is 0. The Hall–Kier alpha value is 0.350. The molecule has 1 aliphatic rings. The normalized spacial score (nSPS) is 23.7. The van der Waals surface area contributed by atoms with Gasteiger partial charge < -0.3 is 15.7 Å². The molecule has 2 heterocycles. The molecule has 2 atom stereocenters. The van der Waals surface area contributed by atoms with Crippen LogP contribution in [-0.4, -0.2) is 30.8 Å². The summed E-state index contributed by atoms with van der Waals surface area (Å²) in [6, 6.07) is 2.20. The largest absolute Gasteiger partial charge is 0.391 e. The Morgan fingerprint density at radius 3 is 2.88 bits per heavy atom. The third-order valence-electron chi connectivity index (χ3n) is 2.92. The van der Waals surface area contributed by atoms with E-state index in [0.717, 1.165) is 26.2 Å². The Labute approximate surface area is 121 Å². The number of hydrogen-bond donors (Lipinski definition) is 3. The Morgan fingerprint density at radius 1 is 1.59 bits per heavy atom. The first-order valence-electron chi connectivity index (χ1n) is 5.51. The van der Waals surface area contributed by atoms with Crippen molar-refractivity contribution in [3.8, 4) is 0 Å². The fraction of sp³-hybridized carbons (Fsp3) is 0.636. The first kappa shape index (κ1) is 15.4. The number of nitrogens with one attached hydrogen (secondary N) is 2. The topological polar surface area (TPSA) is 44.3 Å². The predicted molar refractivity (Wildman–Crippen MR) is 78.1 cm³/mol. The van der Waals surface area contributed by atoms with Gasteiger partial charge >= 0.3 is 0 Å². The van der Waals surface area contributed by atoms with Gasteiger partial charge in [0.05, 0.1) is 9.89 Å². The second-order valence-electron chi connectivity index (χ2n) is 4.29. The molecular weight excluding hydrogens is 324 g/mol. The highest BCUT2D eigenvalue weighted by molar-refractivity contribution is 9.11. The van der Waals surface area contributed by atoms with Crippen LogP contribution in [0.2, 0.25) is 0 Å². The fourth-order valence-corrected chi connectivity index (χ4v) is 3.52. The van der Waals surface area contributed by atoms with Crippen LogP contribution in [0.3, 0.4) is 0 Å². The summed E-state index contributed by atoms with van der Waals surface area (Å²) in [6.45, 7) is 5.52. The molecule has 17 heavy (non-hydrogen) atoms. The van der Waals surface area contributed by atoms with Gasteiger partial charge in [-0.1, -0.05) is 0 Å². The highest BCUT2D eigenvalue weighted by Gasteiger charge is 2.24. The molecule has 0 aromatic carbocycles. The van der Waals surface area contributed by atoms with Crippen molar-refractivity contribution in [2.24, 2.45) is 5.92 Å². The summed E-state index contributed by atoms with van der Waals surface area (Å²) in [7, 11) is 0. The molecule has 0 saturated carbocycles. The molecule has 1 saturated heterocycles. The van der Waals surface area contributed by atoms with Crippen LogP contribution >= 0.6 is 39.7 Å². The zero-order valence-electron chi connectivity index (χ0n) is 9.70. The first-order valence-corrected chi connectivity index (χ1v) is 7.12. The quantitative estimate of drug-likeness (QED) is 0.784. The van der Waals surface area contributed by atoms with Crippen LogP contribution in [0.1, 0.15) is 10.4 Å². The summed E-state index contributed by atoms with van der Waals surface area (Å²) in [4.78, 5) is 1.34. The Kier molecular flexibility index (Phi) is 6.40. The molecule has 0 radical (unpaired) electrons. The monoisotopic (exact) mass is 340 g/mol. The average Bonchev–Trinajstić information content (AvgIpc) is 2.76. The molecule has 0 bridgehead atoms. The minimum Gasteiger partial charge on any atom is -0.391 e. The van der Waals surface area contributed by atoms with Gasteiger partial charge in [-0.25, -0.2) is 0 Å². The van der Waals surface area contributed by atoms with Crippen molar-refractivity contribution >= 4 is 39.7 Å². The number of aliphatic hydroxyl groups is 1. The van der Waals surface area contributed by atoms with Crippen molar-refractivity contribution < 1.29 is 5.11 Å². The third-order valence-corrected chi connectivity index (χ3v) is 5.05. The van der Waals surface area contributed by atoms with Gasteiger partial charge in [0.25, 0.3) is 0 Å². The van der Waals surface area contributed by atoms with Crippen LogP contribution in [0.15, 0.2) is 9.85 Å². The van der Waals surface area contributed by atoms with Crippen LogP contribution < -0.4 is 10.6 Å². The summed E-state index contributed by atoms with van der Waals surface area (Å²) < 4.78 is 1.21. The van der Waals surface area contributed by atoms with Crippen molar-refractivity contribution in [3.05, 3.63) is 20.3 Å². The van der Waals surface area contributed by atoms with Crippen molar-refractivity contribution in [3.63, 3.8) is 0 Å². The summed E-state index contributed by atoms with van der Waals surface area (Å²) in [6.07, 6.45) is -0.190. The molecule has 2 rings (SSSR count). The fourth-order valence-electron chi connectivity index (χ4n) is 1.92. The maximum Gasteiger partial charge on any atom is 0.0730 e. The van der Waals surface area contributed by atoms with Gasteiger partial charge in [0.2, 0.25) is 0 Å². The van der Waals surface area contributed by atoms with E-state index in [4.69, 9.17) is 0 Å². The van der Waals surface area contributed by atoms with Crippen LogP contribution in [-0.2, 0) is 6.54 Å². The maximum absolute atomic E-state index is 9.63. The molecule has 3 nitrogen and oxygen atoms in total. The van der Waals surface area contributed by atoms with E-state index in [1.807, 2.05) is 0 Å². The number of hydrogen-bond acceptors (Lipinski definition) is 4.